The van der Waals surface area contributed by atoms with E-state index in [9.17, 15) is 13.6 Å². The third-order valence-electron chi connectivity index (χ3n) is 4.71. The van der Waals surface area contributed by atoms with Gasteiger partial charge in [-0.3, -0.25) is 5.32 Å². The first-order valence-corrected chi connectivity index (χ1v) is 9.05. The fraction of sp³-hybridized carbons (Fsp3) is 0.238. The van der Waals surface area contributed by atoms with Crippen LogP contribution in [0.25, 0.3) is 0 Å². The number of hydrogen-bond acceptors (Lipinski definition) is 2. The molecule has 1 aliphatic rings. The third kappa shape index (κ3) is 4.03. The van der Waals surface area contributed by atoms with Crippen LogP contribution in [0.3, 0.4) is 0 Å². The van der Waals surface area contributed by atoms with Crippen molar-refractivity contribution in [2.24, 2.45) is 0 Å². The highest BCUT2D eigenvalue weighted by atomic mass is 19.3. The molecule has 0 aliphatic heterocycles. The van der Waals surface area contributed by atoms with Crippen LogP contribution in [0, 0.1) is 6.92 Å². The van der Waals surface area contributed by atoms with E-state index in [1.54, 1.807) is 16.8 Å². The molecular weight excluding hydrogens is 362 g/mol. The van der Waals surface area contributed by atoms with Crippen molar-refractivity contribution in [1.82, 2.24) is 9.78 Å². The number of rotatable bonds is 5. The predicted molar refractivity (Wildman–Crippen MR) is 104 cm³/mol. The van der Waals surface area contributed by atoms with Crippen LogP contribution < -0.4 is 10.6 Å². The van der Waals surface area contributed by atoms with Crippen molar-refractivity contribution in [2.75, 3.05) is 10.6 Å². The van der Waals surface area contributed by atoms with Gasteiger partial charge in [0.25, 0.3) is 5.92 Å². The number of carbonyl (C=O) groups excluding carboxylic acids is 1. The average Bonchev–Trinajstić information content (AvgIpc) is 3.13. The van der Waals surface area contributed by atoms with Gasteiger partial charge in [0, 0.05) is 18.2 Å². The van der Waals surface area contributed by atoms with E-state index in [0.29, 0.717) is 23.7 Å². The molecule has 1 saturated carbocycles. The maximum Gasteiger partial charge on any atom is 0.324 e. The Morgan fingerprint density at radius 3 is 2.46 bits per heavy atom. The molecule has 7 heteroatoms. The van der Waals surface area contributed by atoms with Gasteiger partial charge in [0.1, 0.15) is 5.82 Å². The highest BCUT2D eigenvalue weighted by Gasteiger charge is 2.59. The molecule has 2 aromatic carbocycles. The SMILES string of the molecule is Cc1ccc(NC(=O)Nc2cc(C3CC3(F)F)nn2Cc2ccccc2)cc1. The van der Waals surface area contributed by atoms with Gasteiger partial charge in [0.2, 0.25) is 0 Å². The number of urea groups is 1. The molecule has 144 valence electrons. The molecule has 4 rings (SSSR count). The van der Waals surface area contributed by atoms with E-state index in [0.717, 1.165) is 11.1 Å². The second-order valence-corrected chi connectivity index (χ2v) is 7.06. The van der Waals surface area contributed by atoms with Gasteiger partial charge in [-0.15, -0.1) is 0 Å². The van der Waals surface area contributed by atoms with Gasteiger partial charge in [-0.2, -0.15) is 5.10 Å². The van der Waals surface area contributed by atoms with E-state index >= 15 is 0 Å². The second-order valence-electron chi connectivity index (χ2n) is 7.06. The fourth-order valence-electron chi connectivity index (χ4n) is 3.03. The van der Waals surface area contributed by atoms with Gasteiger partial charge >= 0.3 is 6.03 Å². The predicted octanol–water partition coefficient (Wildman–Crippen LogP) is 5.01. The summed E-state index contributed by atoms with van der Waals surface area (Å²) in [6.07, 6.45) is -0.204. The minimum Gasteiger partial charge on any atom is -0.308 e. The summed E-state index contributed by atoms with van der Waals surface area (Å²) in [6, 6.07) is 18.0. The maximum atomic E-state index is 13.5. The monoisotopic (exact) mass is 382 g/mol. The molecule has 3 aromatic rings. The van der Waals surface area contributed by atoms with Crippen molar-refractivity contribution in [3.63, 3.8) is 0 Å². The Balaban J connectivity index is 1.53. The quantitative estimate of drug-likeness (QED) is 0.652. The summed E-state index contributed by atoms with van der Waals surface area (Å²) < 4.78 is 28.5. The fourth-order valence-corrected chi connectivity index (χ4v) is 3.03. The van der Waals surface area contributed by atoms with E-state index < -0.39 is 17.9 Å². The first-order chi connectivity index (χ1) is 13.4. The van der Waals surface area contributed by atoms with E-state index in [2.05, 4.69) is 15.7 Å². The van der Waals surface area contributed by atoms with Crippen LogP contribution in [0.1, 0.15) is 29.2 Å². The number of halogens is 2. The molecule has 0 saturated heterocycles. The van der Waals surface area contributed by atoms with Crippen LogP contribution in [-0.4, -0.2) is 21.7 Å². The van der Waals surface area contributed by atoms with Crippen molar-refractivity contribution in [3.8, 4) is 0 Å². The molecule has 1 unspecified atom stereocenters. The molecule has 2 amide bonds. The zero-order valence-corrected chi connectivity index (χ0v) is 15.3. The van der Waals surface area contributed by atoms with Crippen molar-refractivity contribution < 1.29 is 13.6 Å². The number of benzene rings is 2. The van der Waals surface area contributed by atoms with Gasteiger partial charge in [-0.25, -0.2) is 18.3 Å². The Labute approximate surface area is 161 Å². The third-order valence-corrected chi connectivity index (χ3v) is 4.71. The molecule has 0 bridgehead atoms. The summed E-state index contributed by atoms with van der Waals surface area (Å²) in [5.74, 6) is -3.22. The largest absolute Gasteiger partial charge is 0.324 e. The Bertz CT molecular complexity index is 983. The number of carbonyl (C=O) groups is 1. The Hall–Kier alpha value is -3.22. The smallest absolute Gasteiger partial charge is 0.308 e. The van der Waals surface area contributed by atoms with Crippen LogP contribution in [-0.2, 0) is 6.54 Å². The summed E-state index contributed by atoms with van der Waals surface area (Å²) in [6.45, 7) is 2.33. The van der Waals surface area contributed by atoms with E-state index in [-0.39, 0.29) is 6.42 Å². The number of anilines is 2. The van der Waals surface area contributed by atoms with Crippen molar-refractivity contribution in [2.45, 2.75) is 31.7 Å². The zero-order valence-electron chi connectivity index (χ0n) is 15.3. The number of alkyl halides is 2. The number of nitrogens with zero attached hydrogens (tertiary/aromatic N) is 2. The average molecular weight is 382 g/mol. The van der Waals surface area contributed by atoms with Gasteiger partial charge in [-0.05, 0) is 24.6 Å². The molecular formula is C21H20F2N4O. The standard InChI is InChI=1S/C21H20F2N4O/c1-14-7-9-16(10-8-14)24-20(28)25-19-11-18(17-12-21(17,22)23)26-27(19)13-15-5-3-2-4-6-15/h2-11,17H,12-13H2,1H3,(H2,24,25,28). The topological polar surface area (TPSA) is 59.0 Å². The van der Waals surface area contributed by atoms with Crippen LogP contribution in [0.15, 0.2) is 60.7 Å². The summed E-state index contributed by atoms with van der Waals surface area (Å²) in [5, 5.41) is 9.80. The lowest BCUT2D eigenvalue weighted by Gasteiger charge is -2.10. The molecule has 2 N–H and O–H groups in total. The maximum absolute atomic E-state index is 13.5. The lowest BCUT2D eigenvalue weighted by atomic mass is 10.2. The Kier molecular flexibility index (Phi) is 4.58. The molecule has 0 radical (unpaired) electrons. The second kappa shape index (κ2) is 7.07. The molecule has 1 aromatic heterocycles. The minimum atomic E-state index is -2.71. The van der Waals surface area contributed by atoms with E-state index in [1.165, 1.54) is 6.07 Å². The Morgan fingerprint density at radius 1 is 1.14 bits per heavy atom. The summed E-state index contributed by atoms with van der Waals surface area (Å²) in [4.78, 5) is 12.4. The highest BCUT2D eigenvalue weighted by molar-refractivity contribution is 5.99. The molecule has 0 spiro atoms. The van der Waals surface area contributed by atoms with Crippen molar-refractivity contribution in [3.05, 3.63) is 77.5 Å². The number of aryl methyl sites for hydroxylation is 1. The minimum absolute atomic E-state index is 0.204. The number of nitrogens with one attached hydrogen (secondary N) is 2. The first kappa shape index (κ1) is 18.2. The molecule has 1 fully saturated rings. The molecule has 1 aliphatic carbocycles. The van der Waals surface area contributed by atoms with Gasteiger partial charge in [-0.1, -0.05) is 48.0 Å². The number of amides is 2. The normalized spacial score (nSPS) is 17.2. The van der Waals surface area contributed by atoms with Crippen LogP contribution in [0.2, 0.25) is 0 Å². The van der Waals surface area contributed by atoms with Gasteiger partial charge in [0.15, 0.2) is 0 Å². The highest BCUT2D eigenvalue weighted by Crippen LogP contribution is 2.55. The molecule has 5 nitrogen and oxygen atoms in total. The van der Waals surface area contributed by atoms with Crippen LogP contribution in [0.4, 0.5) is 25.1 Å². The molecule has 28 heavy (non-hydrogen) atoms. The van der Waals surface area contributed by atoms with Crippen molar-refractivity contribution in [1.29, 1.82) is 0 Å². The lowest BCUT2D eigenvalue weighted by Crippen LogP contribution is -2.21. The van der Waals surface area contributed by atoms with Gasteiger partial charge < -0.3 is 5.32 Å². The molecule has 1 atom stereocenters. The summed E-state index contributed by atoms with van der Waals surface area (Å²) in [7, 11) is 0. The summed E-state index contributed by atoms with van der Waals surface area (Å²) in [5.41, 5.74) is 2.99. The van der Waals surface area contributed by atoms with Crippen LogP contribution in [0.5, 0.6) is 0 Å². The van der Waals surface area contributed by atoms with E-state index in [4.69, 9.17) is 0 Å². The number of hydrogen-bond donors (Lipinski definition) is 2. The zero-order chi connectivity index (χ0) is 19.7. The number of aromatic nitrogens is 2. The summed E-state index contributed by atoms with van der Waals surface area (Å²) >= 11 is 0. The van der Waals surface area contributed by atoms with E-state index in [1.807, 2.05) is 49.4 Å². The first-order valence-electron chi connectivity index (χ1n) is 9.05. The lowest BCUT2D eigenvalue weighted by molar-refractivity contribution is 0.111. The van der Waals surface area contributed by atoms with Crippen LogP contribution >= 0.6 is 0 Å². The molecule has 1 heterocycles. The van der Waals surface area contributed by atoms with Gasteiger partial charge in [0.05, 0.1) is 18.2 Å². The Morgan fingerprint density at radius 2 is 1.82 bits per heavy atom. The van der Waals surface area contributed by atoms with Crippen molar-refractivity contribution >= 4 is 17.5 Å².